The zero-order valence-electron chi connectivity index (χ0n) is 9.70. The van der Waals surface area contributed by atoms with Crippen LogP contribution in [0.2, 0.25) is 0 Å². The molecule has 0 heterocycles. The van der Waals surface area contributed by atoms with Crippen LogP contribution in [0.3, 0.4) is 0 Å². The van der Waals surface area contributed by atoms with Crippen molar-refractivity contribution in [2.75, 3.05) is 13.6 Å². The third kappa shape index (κ3) is 3.30. The highest BCUT2D eigenvalue weighted by Gasteiger charge is 2.26. The summed E-state index contributed by atoms with van der Waals surface area (Å²) in [6.45, 7) is 2.20. The summed E-state index contributed by atoms with van der Waals surface area (Å²) in [6.07, 6.45) is 2.40. The standard InChI is InChI=1S/C13H19BrN2/c1-16(9-11-6-13(15)7-11)8-10-2-4-12(14)5-3-10/h2-5,11,13H,6-9,15H2,1H3. The van der Waals surface area contributed by atoms with Crippen LogP contribution in [0.5, 0.6) is 0 Å². The molecule has 0 unspecified atom stereocenters. The number of benzene rings is 1. The number of nitrogens with zero attached hydrogens (tertiary/aromatic N) is 1. The lowest BCUT2D eigenvalue weighted by molar-refractivity contribution is 0.178. The van der Waals surface area contributed by atoms with Gasteiger partial charge >= 0.3 is 0 Å². The van der Waals surface area contributed by atoms with E-state index in [-0.39, 0.29) is 0 Å². The zero-order chi connectivity index (χ0) is 11.5. The van der Waals surface area contributed by atoms with E-state index in [4.69, 9.17) is 5.73 Å². The molecule has 88 valence electrons. The Kier molecular flexibility index (Phi) is 4.00. The predicted octanol–water partition coefficient (Wildman–Crippen LogP) is 2.62. The highest BCUT2D eigenvalue weighted by molar-refractivity contribution is 9.10. The first-order chi connectivity index (χ1) is 7.63. The molecule has 1 aromatic carbocycles. The quantitative estimate of drug-likeness (QED) is 0.920. The van der Waals surface area contributed by atoms with E-state index in [9.17, 15) is 0 Å². The van der Waals surface area contributed by atoms with E-state index in [0.29, 0.717) is 6.04 Å². The molecule has 0 saturated heterocycles. The molecule has 1 aliphatic rings. The molecule has 0 spiro atoms. The van der Waals surface area contributed by atoms with Crippen LogP contribution < -0.4 is 5.73 Å². The van der Waals surface area contributed by atoms with E-state index < -0.39 is 0 Å². The van der Waals surface area contributed by atoms with Crippen LogP contribution in [0.25, 0.3) is 0 Å². The molecule has 2 rings (SSSR count). The molecule has 0 aromatic heterocycles. The van der Waals surface area contributed by atoms with Crippen molar-refractivity contribution >= 4 is 15.9 Å². The second-order valence-electron chi connectivity index (χ2n) is 4.92. The number of rotatable bonds is 4. The highest BCUT2D eigenvalue weighted by Crippen LogP contribution is 2.26. The van der Waals surface area contributed by atoms with Crippen molar-refractivity contribution in [1.29, 1.82) is 0 Å². The molecule has 0 radical (unpaired) electrons. The topological polar surface area (TPSA) is 29.3 Å². The van der Waals surface area contributed by atoms with Gasteiger partial charge in [0.05, 0.1) is 0 Å². The monoisotopic (exact) mass is 282 g/mol. The minimum absolute atomic E-state index is 0.464. The van der Waals surface area contributed by atoms with Gasteiger partial charge in [0.1, 0.15) is 0 Å². The first-order valence-corrected chi connectivity index (χ1v) is 6.61. The van der Waals surface area contributed by atoms with Gasteiger partial charge in [-0.05, 0) is 43.5 Å². The van der Waals surface area contributed by atoms with E-state index in [1.807, 2.05) is 0 Å². The third-order valence-electron chi connectivity index (χ3n) is 3.21. The molecule has 1 aromatic rings. The fraction of sp³-hybridized carbons (Fsp3) is 0.538. The summed E-state index contributed by atoms with van der Waals surface area (Å²) in [6, 6.07) is 9.01. The molecular weight excluding hydrogens is 264 g/mol. The lowest BCUT2D eigenvalue weighted by atomic mass is 9.80. The Morgan fingerprint density at radius 3 is 2.50 bits per heavy atom. The van der Waals surface area contributed by atoms with Crippen LogP contribution in [0.1, 0.15) is 18.4 Å². The highest BCUT2D eigenvalue weighted by atomic mass is 79.9. The maximum atomic E-state index is 5.79. The molecule has 3 heteroatoms. The molecule has 2 nitrogen and oxygen atoms in total. The van der Waals surface area contributed by atoms with Gasteiger partial charge in [0.25, 0.3) is 0 Å². The van der Waals surface area contributed by atoms with Crippen LogP contribution in [-0.2, 0) is 6.54 Å². The van der Waals surface area contributed by atoms with Crippen molar-refractivity contribution in [2.24, 2.45) is 11.7 Å². The smallest absolute Gasteiger partial charge is 0.0230 e. The van der Waals surface area contributed by atoms with Crippen LogP contribution in [0, 0.1) is 5.92 Å². The van der Waals surface area contributed by atoms with Gasteiger partial charge in [0.2, 0.25) is 0 Å². The molecule has 0 bridgehead atoms. The van der Waals surface area contributed by atoms with Crippen molar-refractivity contribution in [3.05, 3.63) is 34.3 Å². The molecule has 0 aliphatic heterocycles. The fourth-order valence-corrected chi connectivity index (χ4v) is 2.61. The van der Waals surface area contributed by atoms with Gasteiger partial charge in [-0.2, -0.15) is 0 Å². The van der Waals surface area contributed by atoms with Gasteiger partial charge in [-0.15, -0.1) is 0 Å². The van der Waals surface area contributed by atoms with Crippen molar-refractivity contribution < 1.29 is 0 Å². The van der Waals surface area contributed by atoms with Gasteiger partial charge in [0.15, 0.2) is 0 Å². The van der Waals surface area contributed by atoms with Gasteiger partial charge in [-0.25, -0.2) is 0 Å². The van der Waals surface area contributed by atoms with Crippen molar-refractivity contribution in [1.82, 2.24) is 4.90 Å². The molecular formula is C13H19BrN2. The van der Waals surface area contributed by atoms with Gasteiger partial charge in [0, 0.05) is 23.6 Å². The maximum absolute atomic E-state index is 5.79. The van der Waals surface area contributed by atoms with Crippen LogP contribution in [0.4, 0.5) is 0 Å². The fourth-order valence-electron chi connectivity index (χ4n) is 2.34. The van der Waals surface area contributed by atoms with Crippen molar-refractivity contribution in [3.63, 3.8) is 0 Å². The SMILES string of the molecule is CN(Cc1ccc(Br)cc1)CC1CC(N)C1. The average Bonchev–Trinajstić information content (AvgIpc) is 2.19. The Hall–Kier alpha value is -0.380. The second kappa shape index (κ2) is 5.30. The van der Waals surface area contributed by atoms with E-state index in [2.05, 4.69) is 52.1 Å². The van der Waals surface area contributed by atoms with Crippen LogP contribution in [0.15, 0.2) is 28.7 Å². The molecule has 2 N–H and O–H groups in total. The largest absolute Gasteiger partial charge is 0.328 e. The minimum Gasteiger partial charge on any atom is -0.328 e. The summed E-state index contributed by atoms with van der Waals surface area (Å²) >= 11 is 3.45. The Morgan fingerprint density at radius 2 is 1.94 bits per heavy atom. The zero-order valence-corrected chi connectivity index (χ0v) is 11.3. The number of hydrogen-bond donors (Lipinski definition) is 1. The molecule has 0 amide bonds. The third-order valence-corrected chi connectivity index (χ3v) is 3.74. The number of halogens is 1. The summed E-state index contributed by atoms with van der Waals surface area (Å²) in [5, 5.41) is 0. The lowest BCUT2D eigenvalue weighted by Gasteiger charge is -2.35. The minimum atomic E-state index is 0.464. The summed E-state index contributed by atoms with van der Waals surface area (Å²) in [4.78, 5) is 2.39. The normalized spacial score (nSPS) is 24.5. The Morgan fingerprint density at radius 1 is 1.31 bits per heavy atom. The Balaban J connectivity index is 1.78. The van der Waals surface area contributed by atoms with Crippen LogP contribution in [-0.4, -0.2) is 24.5 Å². The molecule has 1 saturated carbocycles. The van der Waals surface area contributed by atoms with E-state index in [1.54, 1.807) is 0 Å². The van der Waals surface area contributed by atoms with Crippen LogP contribution >= 0.6 is 15.9 Å². The summed E-state index contributed by atoms with van der Waals surface area (Å²) in [5.41, 5.74) is 7.16. The van der Waals surface area contributed by atoms with Gasteiger partial charge < -0.3 is 10.6 Å². The van der Waals surface area contributed by atoms with Crippen molar-refractivity contribution in [2.45, 2.75) is 25.4 Å². The molecule has 16 heavy (non-hydrogen) atoms. The van der Waals surface area contributed by atoms with E-state index in [1.165, 1.54) is 24.9 Å². The Bertz CT molecular complexity index is 330. The first-order valence-electron chi connectivity index (χ1n) is 5.82. The molecule has 1 fully saturated rings. The van der Waals surface area contributed by atoms with E-state index in [0.717, 1.165) is 16.9 Å². The number of hydrogen-bond acceptors (Lipinski definition) is 2. The summed E-state index contributed by atoms with van der Waals surface area (Å²) < 4.78 is 1.14. The summed E-state index contributed by atoms with van der Waals surface area (Å²) in [5.74, 6) is 0.815. The number of nitrogens with two attached hydrogens (primary N) is 1. The first kappa shape index (κ1) is 12.1. The Labute approximate surface area is 106 Å². The van der Waals surface area contributed by atoms with Gasteiger partial charge in [-0.3, -0.25) is 0 Å². The molecule has 0 atom stereocenters. The molecule has 1 aliphatic carbocycles. The summed E-state index contributed by atoms with van der Waals surface area (Å²) in [7, 11) is 2.19. The van der Waals surface area contributed by atoms with E-state index >= 15 is 0 Å². The average molecular weight is 283 g/mol. The van der Waals surface area contributed by atoms with Gasteiger partial charge in [-0.1, -0.05) is 28.1 Å². The lowest BCUT2D eigenvalue weighted by Crippen LogP contribution is -2.41. The second-order valence-corrected chi connectivity index (χ2v) is 5.84. The van der Waals surface area contributed by atoms with Crippen molar-refractivity contribution in [3.8, 4) is 0 Å². The predicted molar refractivity (Wildman–Crippen MR) is 71.2 cm³/mol. The maximum Gasteiger partial charge on any atom is 0.0230 e.